The van der Waals surface area contributed by atoms with Crippen LogP contribution >= 0.6 is 11.6 Å². The fraction of sp³-hybridized carbons (Fsp3) is 0.583. The van der Waals surface area contributed by atoms with E-state index in [1.165, 1.54) is 37.1 Å². The van der Waals surface area contributed by atoms with Crippen LogP contribution in [0.1, 0.15) is 24.8 Å². The Balaban J connectivity index is 1.92. The molecule has 15 heavy (non-hydrogen) atoms. The number of rotatable bonds is 2. The van der Waals surface area contributed by atoms with E-state index in [9.17, 15) is 0 Å². The molecule has 0 N–H and O–H groups in total. The summed E-state index contributed by atoms with van der Waals surface area (Å²) in [5.74, 6) is 1.49. The van der Waals surface area contributed by atoms with E-state index in [2.05, 4.69) is 16.0 Å². The first-order chi connectivity index (χ1) is 7.38. The number of alkyl halides is 1. The van der Waals surface area contributed by atoms with Gasteiger partial charge in [0.05, 0.1) is 5.88 Å². The van der Waals surface area contributed by atoms with E-state index in [-0.39, 0.29) is 0 Å². The monoisotopic (exact) mass is 222 g/mol. The standard InChI is InChI=1S/C12H15ClN2/c13-6-10-7-14-4-3-12(10)15-8-9-1-2-11(15)5-9/h3-4,7,9,11H,1-2,5-6,8H2. The van der Waals surface area contributed by atoms with Crippen molar-refractivity contribution < 1.29 is 0 Å². The lowest BCUT2D eigenvalue weighted by Gasteiger charge is -2.30. The fourth-order valence-electron chi connectivity index (χ4n) is 3.02. The Morgan fingerprint density at radius 1 is 1.47 bits per heavy atom. The Morgan fingerprint density at radius 2 is 2.40 bits per heavy atom. The van der Waals surface area contributed by atoms with Crippen LogP contribution in [0.3, 0.4) is 0 Å². The van der Waals surface area contributed by atoms with Crippen molar-refractivity contribution in [2.75, 3.05) is 11.4 Å². The molecule has 0 amide bonds. The zero-order chi connectivity index (χ0) is 10.3. The largest absolute Gasteiger partial charge is 0.368 e. The molecule has 2 atom stereocenters. The molecule has 2 unspecified atom stereocenters. The van der Waals surface area contributed by atoms with Gasteiger partial charge in [-0.25, -0.2) is 0 Å². The number of fused-ring (bicyclic) bond motifs is 2. The third-order valence-corrected chi connectivity index (χ3v) is 4.03. The number of anilines is 1. The summed E-state index contributed by atoms with van der Waals surface area (Å²) in [5, 5.41) is 0. The first-order valence-electron chi connectivity index (χ1n) is 5.64. The molecule has 0 radical (unpaired) electrons. The minimum Gasteiger partial charge on any atom is -0.368 e. The molecule has 2 fully saturated rings. The molecule has 1 aromatic rings. The van der Waals surface area contributed by atoms with Crippen LogP contribution in [0, 0.1) is 5.92 Å². The second-order valence-electron chi connectivity index (χ2n) is 4.62. The zero-order valence-corrected chi connectivity index (χ0v) is 9.45. The summed E-state index contributed by atoms with van der Waals surface area (Å²) < 4.78 is 0. The minimum absolute atomic E-state index is 0.567. The molecular weight excluding hydrogens is 208 g/mol. The number of nitrogens with zero attached hydrogens (tertiary/aromatic N) is 2. The lowest BCUT2D eigenvalue weighted by molar-refractivity contribution is 0.553. The summed E-state index contributed by atoms with van der Waals surface area (Å²) in [6, 6.07) is 2.87. The Bertz CT molecular complexity index is 366. The zero-order valence-electron chi connectivity index (χ0n) is 8.69. The Labute approximate surface area is 95.3 Å². The first-order valence-corrected chi connectivity index (χ1v) is 6.17. The minimum atomic E-state index is 0.567. The van der Waals surface area contributed by atoms with Crippen molar-refractivity contribution >= 4 is 17.3 Å². The topological polar surface area (TPSA) is 16.1 Å². The highest BCUT2D eigenvalue weighted by molar-refractivity contribution is 6.17. The van der Waals surface area contributed by atoms with Gasteiger partial charge < -0.3 is 4.90 Å². The number of aromatic nitrogens is 1. The van der Waals surface area contributed by atoms with Gasteiger partial charge in [-0.1, -0.05) is 0 Å². The second kappa shape index (κ2) is 3.67. The highest BCUT2D eigenvalue weighted by Crippen LogP contribution is 2.41. The fourth-order valence-corrected chi connectivity index (χ4v) is 3.23. The Morgan fingerprint density at radius 3 is 3.07 bits per heavy atom. The molecule has 1 saturated carbocycles. The number of hydrogen-bond acceptors (Lipinski definition) is 2. The molecule has 1 aliphatic carbocycles. The number of pyridine rings is 1. The van der Waals surface area contributed by atoms with E-state index in [0.29, 0.717) is 5.88 Å². The van der Waals surface area contributed by atoms with Gasteiger partial charge in [0.15, 0.2) is 0 Å². The molecule has 1 aliphatic heterocycles. The van der Waals surface area contributed by atoms with Crippen molar-refractivity contribution in [2.45, 2.75) is 31.2 Å². The van der Waals surface area contributed by atoms with Crippen LogP contribution in [0.2, 0.25) is 0 Å². The third-order valence-electron chi connectivity index (χ3n) is 3.74. The second-order valence-corrected chi connectivity index (χ2v) is 4.89. The molecule has 1 aromatic heterocycles. The van der Waals surface area contributed by atoms with Crippen LogP contribution in [-0.2, 0) is 5.88 Å². The highest BCUT2D eigenvalue weighted by atomic mass is 35.5. The molecule has 1 saturated heterocycles. The van der Waals surface area contributed by atoms with Gasteiger partial charge in [0.25, 0.3) is 0 Å². The van der Waals surface area contributed by atoms with Crippen molar-refractivity contribution in [2.24, 2.45) is 5.92 Å². The van der Waals surface area contributed by atoms with Crippen LogP contribution in [0.15, 0.2) is 18.5 Å². The van der Waals surface area contributed by atoms with Gasteiger partial charge in [-0.15, -0.1) is 11.6 Å². The maximum atomic E-state index is 5.95. The van der Waals surface area contributed by atoms with Crippen LogP contribution in [0.4, 0.5) is 5.69 Å². The van der Waals surface area contributed by atoms with Crippen LogP contribution in [-0.4, -0.2) is 17.6 Å². The summed E-state index contributed by atoms with van der Waals surface area (Å²) >= 11 is 5.95. The summed E-state index contributed by atoms with van der Waals surface area (Å²) in [5.41, 5.74) is 2.49. The molecular formula is C12H15ClN2. The van der Waals surface area contributed by atoms with E-state index in [1.54, 1.807) is 0 Å². The van der Waals surface area contributed by atoms with Crippen LogP contribution < -0.4 is 4.90 Å². The average molecular weight is 223 g/mol. The maximum Gasteiger partial charge on any atom is 0.0509 e. The summed E-state index contributed by atoms with van der Waals surface area (Å²) in [6.07, 6.45) is 7.92. The highest BCUT2D eigenvalue weighted by Gasteiger charge is 2.38. The van der Waals surface area contributed by atoms with Gasteiger partial charge in [0.1, 0.15) is 0 Å². The molecule has 0 spiro atoms. The molecule has 2 bridgehead atoms. The van der Waals surface area contributed by atoms with Crippen molar-refractivity contribution in [3.63, 3.8) is 0 Å². The molecule has 3 rings (SSSR count). The van der Waals surface area contributed by atoms with Gasteiger partial charge in [-0.3, -0.25) is 4.98 Å². The summed E-state index contributed by atoms with van der Waals surface area (Å²) in [7, 11) is 0. The van der Waals surface area contributed by atoms with Gasteiger partial charge in [0, 0.05) is 36.2 Å². The quantitative estimate of drug-likeness (QED) is 0.716. The lowest BCUT2D eigenvalue weighted by atomic mass is 10.1. The lowest BCUT2D eigenvalue weighted by Crippen LogP contribution is -2.32. The Kier molecular flexibility index (Phi) is 2.32. The average Bonchev–Trinajstić information content (AvgIpc) is 2.90. The van der Waals surface area contributed by atoms with Crippen molar-refractivity contribution in [3.05, 3.63) is 24.0 Å². The summed E-state index contributed by atoms with van der Waals surface area (Å²) in [4.78, 5) is 6.67. The predicted molar refractivity (Wildman–Crippen MR) is 62.3 cm³/mol. The van der Waals surface area contributed by atoms with E-state index in [4.69, 9.17) is 11.6 Å². The molecule has 2 aliphatic rings. The van der Waals surface area contributed by atoms with Crippen LogP contribution in [0.25, 0.3) is 0 Å². The molecule has 0 aromatic carbocycles. The van der Waals surface area contributed by atoms with Crippen LogP contribution in [0.5, 0.6) is 0 Å². The van der Waals surface area contributed by atoms with Crippen molar-refractivity contribution in [3.8, 4) is 0 Å². The number of piperidine rings is 1. The van der Waals surface area contributed by atoms with Gasteiger partial charge in [-0.05, 0) is 31.2 Å². The molecule has 3 heteroatoms. The first kappa shape index (κ1) is 9.46. The number of halogens is 1. The smallest absolute Gasteiger partial charge is 0.0509 e. The van der Waals surface area contributed by atoms with Gasteiger partial charge in [-0.2, -0.15) is 0 Å². The van der Waals surface area contributed by atoms with Crippen molar-refractivity contribution in [1.29, 1.82) is 0 Å². The van der Waals surface area contributed by atoms with Crippen molar-refractivity contribution in [1.82, 2.24) is 4.98 Å². The SMILES string of the molecule is ClCc1cnccc1N1CC2CCC1C2. The summed E-state index contributed by atoms with van der Waals surface area (Å²) in [6.45, 7) is 1.22. The number of hydrogen-bond donors (Lipinski definition) is 0. The predicted octanol–water partition coefficient (Wildman–Crippen LogP) is 2.81. The van der Waals surface area contributed by atoms with Gasteiger partial charge in [0.2, 0.25) is 0 Å². The van der Waals surface area contributed by atoms with E-state index in [0.717, 1.165) is 12.0 Å². The maximum absolute atomic E-state index is 5.95. The van der Waals surface area contributed by atoms with E-state index >= 15 is 0 Å². The third kappa shape index (κ3) is 1.51. The Hall–Kier alpha value is -0.760. The molecule has 2 heterocycles. The molecule has 2 nitrogen and oxygen atoms in total. The molecule has 80 valence electrons. The van der Waals surface area contributed by atoms with E-state index < -0.39 is 0 Å². The normalized spacial score (nSPS) is 28.7. The van der Waals surface area contributed by atoms with E-state index in [1.807, 2.05) is 12.4 Å². The van der Waals surface area contributed by atoms with Gasteiger partial charge >= 0.3 is 0 Å².